The molecular formula is C12H17N3O5S. The number of carboxylic acid groups (broad SMARTS) is 1. The first kappa shape index (κ1) is 17.0. The number of carboxylic acids is 1. The Bertz CT molecular complexity index is 543. The molecule has 1 aromatic rings. The topological polar surface area (TPSA) is 114 Å². The van der Waals surface area contributed by atoms with Crippen molar-refractivity contribution >= 4 is 29.3 Å². The van der Waals surface area contributed by atoms with Crippen LogP contribution in [-0.2, 0) is 11.3 Å². The molecule has 0 aliphatic rings. The van der Waals surface area contributed by atoms with Gasteiger partial charge in [-0.05, 0) is 25.4 Å². The van der Waals surface area contributed by atoms with Gasteiger partial charge in [-0.3, -0.25) is 14.9 Å². The Morgan fingerprint density at radius 1 is 1.57 bits per heavy atom. The third kappa shape index (κ3) is 4.48. The van der Waals surface area contributed by atoms with Gasteiger partial charge < -0.3 is 15.0 Å². The molecule has 1 amide bonds. The highest BCUT2D eigenvalue weighted by atomic mass is 32.2. The summed E-state index contributed by atoms with van der Waals surface area (Å²) in [4.78, 5) is 33.4. The molecule has 116 valence electrons. The molecule has 0 saturated heterocycles. The highest BCUT2D eigenvalue weighted by Crippen LogP contribution is 2.16. The van der Waals surface area contributed by atoms with Gasteiger partial charge in [0.15, 0.2) is 0 Å². The highest BCUT2D eigenvalue weighted by molar-refractivity contribution is 7.98. The molecule has 0 bridgehead atoms. The largest absolute Gasteiger partial charge is 0.480 e. The van der Waals surface area contributed by atoms with E-state index in [4.69, 9.17) is 5.11 Å². The maximum absolute atomic E-state index is 12.1. The number of amides is 1. The molecule has 0 aliphatic heterocycles. The molecule has 8 nitrogen and oxygen atoms in total. The SMILES string of the molecule is CCn1cc([N+](=O)[O-])cc1C(=O)N[C@H](CCSC)C(=O)O. The summed E-state index contributed by atoms with van der Waals surface area (Å²) in [5.74, 6) is -1.16. The number of carbonyl (C=O) groups is 2. The predicted octanol–water partition coefficient (Wildman–Crippen LogP) is 1.35. The zero-order chi connectivity index (χ0) is 16.0. The van der Waals surface area contributed by atoms with Crippen molar-refractivity contribution in [3.05, 3.63) is 28.1 Å². The molecule has 2 N–H and O–H groups in total. The van der Waals surface area contributed by atoms with Gasteiger partial charge in [0.05, 0.1) is 11.1 Å². The lowest BCUT2D eigenvalue weighted by atomic mass is 10.2. The van der Waals surface area contributed by atoms with Gasteiger partial charge in [0, 0.05) is 12.6 Å². The number of hydrogen-bond donors (Lipinski definition) is 2. The Morgan fingerprint density at radius 3 is 2.71 bits per heavy atom. The molecular weight excluding hydrogens is 298 g/mol. The molecule has 0 aromatic carbocycles. The minimum atomic E-state index is -1.12. The van der Waals surface area contributed by atoms with Crippen molar-refractivity contribution in [1.29, 1.82) is 0 Å². The fraction of sp³-hybridized carbons (Fsp3) is 0.500. The van der Waals surface area contributed by atoms with Crippen LogP contribution in [0.15, 0.2) is 12.3 Å². The van der Waals surface area contributed by atoms with Gasteiger partial charge in [-0.1, -0.05) is 0 Å². The standard InChI is InChI=1S/C12H17N3O5S/c1-3-14-7-8(15(19)20)6-10(14)11(16)13-9(12(17)18)4-5-21-2/h6-7,9H,3-5H2,1-2H3,(H,13,16)(H,17,18)/t9-/m1/s1. The molecule has 0 spiro atoms. The molecule has 0 radical (unpaired) electrons. The fourth-order valence-corrected chi connectivity index (χ4v) is 2.24. The third-order valence-corrected chi connectivity index (χ3v) is 3.52. The molecule has 9 heteroatoms. The first-order chi connectivity index (χ1) is 9.90. The normalized spacial score (nSPS) is 11.9. The summed E-state index contributed by atoms with van der Waals surface area (Å²) < 4.78 is 1.42. The lowest BCUT2D eigenvalue weighted by molar-refractivity contribution is -0.384. The van der Waals surface area contributed by atoms with Crippen molar-refractivity contribution < 1.29 is 19.6 Å². The van der Waals surface area contributed by atoms with Crippen molar-refractivity contribution in [2.24, 2.45) is 0 Å². The number of hydrogen-bond acceptors (Lipinski definition) is 5. The number of aryl methyl sites for hydroxylation is 1. The van der Waals surface area contributed by atoms with Gasteiger partial charge in [-0.15, -0.1) is 0 Å². The quantitative estimate of drug-likeness (QED) is 0.553. The van der Waals surface area contributed by atoms with Crippen LogP contribution < -0.4 is 5.32 Å². The van der Waals surface area contributed by atoms with Gasteiger partial charge in [0.25, 0.3) is 11.6 Å². The van der Waals surface area contributed by atoms with E-state index in [1.165, 1.54) is 22.5 Å². The van der Waals surface area contributed by atoms with E-state index in [9.17, 15) is 19.7 Å². The van der Waals surface area contributed by atoms with Gasteiger partial charge >= 0.3 is 5.97 Å². The van der Waals surface area contributed by atoms with E-state index >= 15 is 0 Å². The van der Waals surface area contributed by atoms with Gasteiger partial charge in [0.1, 0.15) is 11.7 Å². The van der Waals surface area contributed by atoms with Gasteiger partial charge in [-0.25, -0.2) is 4.79 Å². The summed E-state index contributed by atoms with van der Waals surface area (Å²) in [7, 11) is 0. The van der Waals surface area contributed by atoms with E-state index in [0.717, 1.165) is 6.07 Å². The van der Waals surface area contributed by atoms with E-state index in [1.54, 1.807) is 6.92 Å². The Kier molecular flexibility index (Phi) is 6.22. The molecule has 1 rings (SSSR count). The van der Waals surface area contributed by atoms with Crippen LogP contribution in [0.3, 0.4) is 0 Å². The Balaban J connectivity index is 2.91. The summed E-state index contributed by atoms with van der Waals surface area (Å²) in [6.45, 7) is 2.11. The van der Waals surface area contributed by atoms with E-state index in [0.29, 0.717) is 12.3 Å². The van der Waals surface area contributed by atoms with Crippen LogP contribution in [0.1, 0.15) is 23.8 Å². The maximum Gasteiger partial charge on any atom is 0.326 e. The predicted molar refractivity (Wildman–Crippen MR) is 78.6 cm³/mol. The Hall–Kier alpha value is -2.03. The van der Waals surface area contributed by atoms with Crippen LogP contribution in [0.2, 0.25) is 0 Å². The second kappa shape index (κ2) is 7.67. The summed E-state index contributed by atoms with van der Waals surface area (Å²) in [5, 5.41) is 22.2. The zero-order valence-electron chi connectivity index (χ0n) is 11.7. The first-order valence-electron chi connectivity index (χ1n) is 6.27. The number of nitrogens with zero attached hydrogens (tertiary/aromatic N) is 2. The third-order valence-electron chi connectivity index (χ3n) is 2.88. The van der Waals surface area contributed by atoms with E-state index < -0.39 is 22.8 Å². The molecule has 1 heterocycles. The second-order valence-electron chi connectivity index (χ2n) is 4.27. The molecule has 0 saturated carbocycles. The van der Waals surface area contributed by atoms with E-state index in [1.807, 2.05) is 6.26 Å². The van der Waals surface area contributed by atoms with Crippen molar-refractivity contribution in [3.8, 4) is 0 Å². The molecule has 1 aromatic heterocycles. The summed E-state index contributed by atoms with van der Waals surface area (Å²) in [6, 6.07) is 0.135. The van der Waals surface area contributed by atoms with Crippen LogP contribution in [-0.4, -0.2) is 44.5 Å². The number of aromatic nitrogens is 1. The van der Waals surface area contributed by atoms with Crippen molar-refractivity contribution in [2.75, 3.05) is 12.0 Å². The van der Waals surface area contributed by atoms with Crippen LogP contribution in [0.5, 0.6) is 0 Å². The molecule has 21 heavy (non-hydrogen) atoms. The smallest absolute Gasteiger partial charge is 0.326 e. The van der Waals surface area contributed by atoms with E-state index in [-0.39, 0.29) is 17.8 Å². The zero-order valence-corrected chi connectivity index (χ0v) is 12.6. The molecule has 0 aliphatic carbocycles. The first-order valence-corrected chi connectivity index (χ1v) is 7.67. The molecule has 0 unspecified atom stereocenters. The number of thioether (sulfide) groups is 1. The Labute approximate surface area is 125 Å². The van der Waals surface area contributed by atoms with E-state index in [2.05, 4.69) is 5.32 Å². The minimum Gasteiger partial charge on any atom is -0.480 e. The Morgan fingerprint density at radius 2 is 2.24 bits per heavy atom. The number of aliphatic carboxylic acids is 1. The van der Waals surface area contributed by atoms with Crippen molar-refractivity contribution in [3.63, 3.8) is 0 Å². The number of carbonyl (C=O) groups excluding carboxylic acids is 1. The highest BCUT2D eigenvalue weighted by Gasteiger charge is 2.24. The van der Waals surface area contributed by atoms with Crippen LogP contribution >= 0.6 is 11.8 Å². The van der Waals surface area contributed by atoms with Gasteiger partial charge in [-0.2, -0.15) is 11.8 Å². The average molecular weight is 315 g/mol. The molecule has 0 fully saturated rings. The van der Waals surface area contributed by atoms with Crippen molar-refractivity contribution in [1.82, 2.24) is 9.88 Å². The number of rotatable bonds is 8. The van der Waals surface area contributed by atoms with Crippen molar-refractivity contribution in [2.45, 2.75) is 25.9 Å². The monoisotopic (exact) mass is 315 g/mol. The summed E-state index contributed by atoms with van der Waals surface area (Å²) >= 11 is 1.48. The summed E-state index contributed by atoms with van der Waals surface area (Å²) in [5.41, 5.74) is -0.113. The average Bonchev–Trinajstić information content (AvgIpc) is 2.87. The number of nitrogens with one attached hydrogen (secondary N) is 1. The molecule has 1 atom stereocenters. The lowest BCUT2D eigenvalue weighted by Gasteiger charge is -2.14. The number of nitro groups is 1. The minimum absolute atomic E-state index is 0.0830. The lowest BCUT2D eigenvalue weighted by Crippen LogP contribution is -2.41. The van der Waals surface area contributed by atoms with Gasteiger partial charge in [0.2, 0.25) is 0 Å². The van der Waals surface area contributed by atoms with Crippen LogP contribution in [0.4, 0.5) is 5.69 Å². The fourth-order valence-electron chi connectivity index (χ4n) is 1.77. The summed E-state index contributed by atoms with van der Waals surface area (Å²) in [6.07, 6.45) is 3.38. The van der Waals surface area contributed by atoms with Crippen LogP contribution in [0, 0.1) is 10.1 Å². The van der Waals surface area contributed by atoms with Crippen LogP contribution in [0.25, 0.3) is 0 Å². The second-order valence-corrected chi connectivity index (χ2v) is 5.26. The maximum atomic E-state index is 12.1.